The van der Waals surface area contributed by atoms with Crippen LogP contribution in [0.1, 0.15) is 31.6 Å². The van der Waals surface area contributed by atoms with Gasteiger partial charge >= 0.3 is 0 Å². The van der Waals surface area contributed by atoms with Crippen molar-refractivity contribution in [2.75, 3.05) is 6.54 Å². The van der Waals surface area contributed by atoms with Crippen molar-refractivity contribution in [3.63, 3.8) is 0 Å². The van der Waals surface area contributed by atoms with Crippen LogP contribution in [0.2, 0.25) is 0 Å². The minimum atomic E-state index is -3.43. The molecule has 1 aliphatic rings. The van der Waals surface area contributed by atoms with Gasteiger partial charge in [-0.05, 0) is 42.3 Å². The molecule has 2 aromatic rings. The summed E-state index contributed by atoms with van der Waals surface area (Å²) in [6.07, 6.45) is 3.30. The summed E-state index contributed by atoms with van der Waals surface area (Å²) in [5.41, 5.74) is 0. The molecular formula is C14H17NO3S2. The van der Waals surface area contributed by atoms with Crippen LogP contribution in [0.3, 0.4) is 0 Å². The Morgan fingerprint density at radius 2 is 2.20 bits per heavy atom. The summed E-state index contributed by atoms with van der Waals surface area (Å²) in [6, 6.07) is 6.91. The van der Waals surface area contributed by atoms with E-state index in [9.17, 15) is 8.42 Å². The lowest BCUT2D eigenvalue weighted by Crippen LogP contribution is -2.40. The SMILES string of the molecule is CC1CCN(S(=O)(=O)c2cccs2)C(c2ccco2)C1. The monoisotopic (exact) mass is 311 g/mol. The molecule has 20 heavy (non-hydrogen) atoms. The van der Waals surface area contributed by atoms with Crippen molar-refractivity contribution in [2.45, 2.75) is 30.0 Å². The predicted octanol–water partition coefficient (Wildman–Crippen LogP) is 3.50. The summed E-state index contributed by atoms with van der Waals surface area (Å²) in [6.45, 7) is 2.71. The van der Waals surface area contributed by atoms with Crippen LogP contribution in [-0.4, -0.2) is 19.3 Å². The fraction of sp³-hybridized carbons (Fsp3) is 0.429. The van der Waals surface area contributed by atoms with Gasteiger partial charge in [-0.2, -0.15) is 4.31 Å². The van der Waals surface area contributed by atoms with Gasteiger partial charge in [-0.15, -0.1) is 11.3 Å². The number of hydrogen-bond acceptors (Lipinski definition) is 4. The van der Waals surface area contributed by atoms with E-state index >= 15 is 0 Å². The van der Waals surface area contributed by atoms with Gasteiger partial charge in [-0.25, -0.2) is 8.42 Å². The van der Waals surface area contributed by atoms with Gasteiger partial charge in [-0.1, -0.05) is 13.0 Å². The Labute approximate surface area is 123 Å². The van der Waals surface area contributed by atoms with Gasteiger partial charge in [0, 0.05) is 6.54 Å². The summed E-state index contributed by atoms with van der Waals surface area (Å²) in [5.74, 6) is 1.23. The van der Waals surface area contributed by atoms with Gasteiger partial charge in [0.15, 0.2) is 0 Å². The smallest absolute Gasteiger partial charge is 0.253 e. The maximum atomic E-state index is 12.8. The van der Waals surface area contributed by atoms with E-state index in [1.807, 2.05) is 12.1 Å². The van der Waals surface area contributed by atoms with Crippen molar-refractivity contribution in [1.29, 1.82) is 0 Å². The summed E-state index contributed by atoms with van der Waals surface area (Å²) >= 11 is 1.26. The first kappa shape index (κ1) is 13.9. The third-order valence-corrected chi connectivity index (χ3v) is 7.03. The molecule has 1 fully saturated rings. The molecule has 2 atom stereocenters. The largest absolute Gasteiger partial charge is 0.468 e. The molecule has 0 bridgehead atoms. The molecule has 0 amide bonds. The van der Waals surface area contributed by atoms with Gasteiger partial charge in [0.2, 0.25) is 0 Å². The van der Waals surface area contributed by atoms with Crippen LogP contribution in [0.4, 0.5) is 0 Å². The Hall–Kier alpha value is -1.11. The molecule has 0 aromatic carbocycles. The van der Waals surface area contributed by atoms with Crippen molar-refractivity contribution in [3.8, 4) is 0 Å². The maximum absolute atomic E-state index is 12.8. The molecule has 0 radical (unpaired) electrons. The summed E-state index contributed by atoms with van der Waals surface area (Å²) in [4.78, 5) is 0. The lowest BCUT2D eigenvalue weighted by Gasteiger charge is -2.36. The minimum Gasteiger partial charge on any atom is -0.468 e. The number of furan rings is 1. The topological polar surface area (TPSA) is 50.5 Å². The highest BCUT2D eigenvalue weighted by molar-refractivity contribution is 7.91. The lowest BCUT2D eigenvalue weighted by atomic mass is 9.93. The number of sulfonamides is 1. The summed E-state index contributed by atoms with van der Waals surface area (Å²) in [5, 5.41) is 1.79. The van der Waals surface area contributed by atoms with Crippen LogP contribution in [0.5, 0.6) is 0 Å². The average molecular weight is 311 g/mol. The second-order valence-electron chi connectivity index (χ2n) is 5.21. The van der Waals surface area contributed by atoms with Gasteiger partial charge in [0.25, 0.3) is 10.0 Å². The van der Waals surface area contributed by atoms with E-state index in [4.69, 9.17) is 4.42 Å². The first-order valence-electron chi connectivity index (χ1n) is 6.68. The van der Waals surface area contributed by atoms with E-state index in [1.54, 1.807) is 28.1 Å². The molecule has 0 saturated carbocycles. The fourth-order valence-corrected chi connectivity index (χ4v) is 5.41. The van der Waals surface area contributed by atoms with E-state index in [-0.39, 0.29) is 6.04 Å². The Balaban J connectivity index is 1.98. The van der Waals surface area contributed by atoms with Crippen molar-refractivity contribution < 1.29 is 12.8 Å². The van der Waals surface area contributed by atoms with Crippen LogP contribution in [-0.2, 0) is 10.0 Å². The second-order valence-corrected chi connectivity index (χ2v) is 8.27. The Morgan fingerprint density at radius 3 is 2.85 bits per heavy atom. The lowest BCUT2D eigenvalue weighted by molar-refractivity contribution is 0.185. The molecule has 2 unspecified atom stereocenters. The molecule has 108 valence electrons. The van der Waals surface area contributed by atoms with E-state index in [0.717, 1.165) is 18.6 Å². The molecule has 0 N–H and O–H groups in total. The third kappa shape index (κ3) is 2.43. The van der Waals surface area contributed by atoms with Crippen molar-refractivity contribution in [3.05, 3.63) is 41.7 Å². The molecule has 3 heterocycles. The van der Waals surface area contributed by atoms with Crippen molar-refractivity contribution in [1.82, 2.24) is 4.31 Å². The molecule has 2 aromatic heterocycles. The number of rotatable bonds is 3. The van der Waals surface area contributed by atoms with E-state index in [1.165, 1.54) is 11.3 Å². The first-order valence-corrected chi connectivity index (χ1v) is 9.00. The normalized spacial score (nSPS) is 24.9. The highest BCUT2D eigenvalue weighted by Crippen LogP contribution is 2.38. The van der Waals surface area contributed by atoms with Crippen molar-refractivity contribution in [2.24, 2.45) is 5.92 Å². The fourth-order valence-electron chi connectivity index (χ4n) is 2.67. The van der Waals surface area contributed by atoms with Gasteiger partial charge in [0.1, 0.15) is 9.97 Å². The standard InChI is InChI=1S/C14H17NO3S2/c1-11-6-7-15(12(10-11)13-4-2-8-18-13)20(16,17)14-5-3-9-19-14/h2-5,8-9,11-12H,6-7,10H2,1H3. The van der Waals surface area contributed by atoms with Crippen LogP contribution in [0.15, 0.2) is 44.5 Å². The third-order valence-electron chi connectivity index (χ3n) is 3.75. The second kappa shape index (κ2) is 5.35. The molecule has 0 spiro atoms. The Morgan fingerprint density at radius 1 is 1.35 bits per heavy atom. The van der Waals surface area contributed by atoms with Gasteiger partial charge in [-0.3, -0.25) is 0 Å². The van der Waals surface area contributed by atoms with Crippen LogP contribution < -0.4 is 0 Å². The molecule has 0 aliphatic carbocycles. The minimum absolute atomic E-state index is 0.194. The quantitative estimate of drug-likeness (QED) is 0.871. The van der Waals surface area contributed by atoms with Crippen LogP contribution in [0, 0.1) is 5.92 Å². The zero-order chi connectivity index (χ0) is 14.2. The van der Waals surface area contributed by atoms with Crippen LogP contribution in [0.25, 0.3) is 0 Å². The van der Waals surface area contributed by atoms with Gasteiger partial charge in [0.05, 0.1) is 12.3 Å². The predicted molar refractivity (Wildman–Crippen MR) is 78.1 cm³/mol. The molecular weight excluding hydrogens is 294 g/mol. The Kier molecular flexibility index (Phi) is 3.70. The molecule has 1 aliphatic heterocycles. The molecule has 1 saturated heterocycles. The van der Waals surface area contributed by atoms with Gasteiger partial charge < -0.3 is 4.42 Å². The van der Waals surface area contributed by atoms with E-state index in [2.05, 4.69) is 6.92 Å². The number of hydrogen-bond donors (Lipinski definition) is 0. The Bertz CT molecular complexity index is 647. The number of piperidine rings is 1. The maximum Gasteiger partial charge on any atom is 0.253 e. The summed E-state index contributed by atoms with van der Waals surface area (Å²) < 4.78 is 33.0. The first-order chi connectivity index (χ1) is 9.59. The average Bonchev–Trinajstić information content (AvgIpc) is 3.12. The molecule has 6 heteroatoms. The number of thiophene rings is 1. The highest BCUT2D eigenvalue weighted by atomic mass is 32.2. The van der Waals surface area contributed by atoms with Crippen molar-refractivity contribution >= 4 is 21.4 Å². The highest BCUT2D eigenvalue weighted by Gasteiger charge is 2.38. The zero-order valence-electron chi connectivity index (χ0n) is 11.2. The number of nitrogens with zero attached hydrogens (tertiary/aromatic N) is 1. The molecule has 4 nitrogen and oxygen atoms in total. The zero-order valence-corrected chi connectivity index (χ0v) is 12.9. The summed E-state index contributed by atoms with van der Waals surface area (Å²) in [7, 11) is -3.43. The molecule has 3 rings (SSSR count). The van der Waals surface area contributed by atoms with Crippen LogP contribution >= 0.6 is 11.3 Å². The van der Waals surface area contributed by atoms with E-state index < -0.39 is 10.0 Å². The van der Waals surface area contributed by atoms with E-state index in [0.29, 0.717) is 16.7 Å².